The minimum Gasteiger partial charge on any atom is -0.325 e. The molecule has 0 aliphatic carbocycles. The lowest BCUT2D eigenvalue weighted by molar-refractivity contribution is 0.221. The van der Waals surface area contributed by atoms with Crippen molar-refractivity contribution < 1.29 is 8.78 Å². The summed E-state index contributed by atoms with van der Waals surface area (Å²) in [6.07, 6.45) is 4.04. The second-order valence-corrected chi connectivity index (χ2v) is 9.46. The van der Waals surface area contributed by atoms with E-state index < -0.39 is 5.67 Å². The molecule has 1 heterocycles. The van der Waals surface area contributed by atoms with Crippen molar-refractivity contribution in [2.75, 3.05) is 9.80 Å². The van der Waals surface area contributed by atoms with E-state index in [1.54, 1.807) is 19.9 Å². The molecule has 0 N–H and O–H groups in total. The molecule has 1 aliphatic heterocycles. The molecule has 2 aromatic rings. The zero-order chi connectivity index (χ0) is 22.4. The highest BCUT2D eigenvalue weighted by molar-refractivity contribution is 5.70. The van der Waals surface area contributed by atoms with E-state index in [1.165, 1.54) is 6.07 Å². The van der Waals surface area contributed by atoms with E-state index in [1.807, 2.05) is 31.3 Å². The van der Waals surface area contributed by atoms with Crippen LogP contribution < -0.4 is 9.80 Å². The number of aryl methyl sites for hydroxylation is 1. The highest BCUT2D eigenvalue weighted by Gasteiger charge is 2.32. The summed E-state index contributed by atoms with van der Waals surface area (Å²) in [5, 5.41) is 0. The fourth-order valence-corrected chi connectivity index (χ4v) is 4.13. The first kappa shape index (κ1) is 22.3. The third kappa shape index (κ3) is 4.10. The van der Waals surface area contributed by atoms with Crippen LogP contribution in [-0.2, 0) is 5.67 Å². The molecule has 0 unspecified atom stereocenters. The summed E-state index contributed by atoms with van der Waals surface area (Å²) >= 11 is 0. The average molecular weight is 413 g/mol. The Bertz CT molecular complexity index is 925. The van der Waals surface area contributed by atoms with Crippen LogP contribution in [0.3, 0.4) is 0 Å². The third-order valence-corrected chi connectivity index (χ3v) is 6.00. The van der Waals surface area contributed by atoms with Crippen molar-refractivity contribution in [3.05, 3.63) is 70.8 Å². The molecule has 1 atom stereocenters. The molecule has 2 aromatic carbocycles. The molecule has 30 heavy (non-hydrogen) atoms. The van der Waals surface area contributed by atoms with E-state index in [9.17, 15) is 8.78 Å². The van der Waals surface area contributed by atoms with Gasteiger partial charge in [0.1, 0.15) is 17.7 Å². The molecule has 0 amide bonds. The van der Waals surface area contributed by atoms with Crippen molar-refractivity contribution in [1.82, 2.24) is 0 Å². The highest BCUT2D eigenvalue weighted by Crippen LogP contribution is 2.43. The molecular formula is C26H34F2N2. The van der Waals surface area contributed by atoms with Gasteiger partial charge < -0.3 is 9.80 Å². The van der Waals surface area contributed by atoms with E-state index in [4.69, 9.17) is 0 Å². The maximum absolute atomic E-state index is 14.9. The van der Waals surface area contributed by atoms with Crippen molar-refractivity contribution in [1.29, 1.82) is 0 Å². The molecule has 0 spiro atoms. The van der Waals surface area contributed by atoms with Gasteiger partial charge in [0.2, 0.25) is 0 Å². The Labute approximate surface area is 180 Å². The number of benzene rings is 2. The summed E-state index contributed by atoms with van der Waals surface area (Å²) < 4.78 is 28.8. The number of alkyl halides is 1. The zero-order valence-electron chi connectivity index (χ0n) is 19.4. The van der Waals surface area contributed by atoms with Crippen LogP contribution in [0.25, 0.3) is 0 Å². The Morgan fingerprint density at radius 3 is 1.93 bits per heavy atom. The van der Waals surface area contributed by atoms with Gasteiger partial charge in [0.15, 0.2) is 0 Å². The number of hydrogen-bond acceptors (Lipinski definition) is 2. The Hall–Kier alpha value is -2.36. The minimum atomic E-state index is -1.40. The number of hydrogen-bond donors (Lipinski definition) is 0. The zero-order valence-corrected chi connectivity index (χ0v) is 19.4. The van der Waals surface area contributed by atoms with Gasteiger partial charge in [0.25, 0.3) is 0 Å². The number of halogens is 2. The van der Waals surface area contributed by atoms with Crippen molar-refractivity contribution in [3.63, 3.8) is 0 Å². The second kappa shape index (κ2) is 8.05. The molecule has 0 radical (unpaired) electrons. The second-order valence-electron chi connectivity index (χ2n) is 9.46. The van der Waals surface area contributed by atoms with Gasteiger partial charge in [0, 0.05) is 23.8 Å². The predicted octanol–water partition coefficient (Wildman–Crippen LogP) is 7.73. The lowest BCUT2D eigenvalue weighted by atomic mass is 9.86. The Kier molecular flexibility index (Phi) is 5.99. The van der Waals surface area contributed by atoms with Crippen molar-refractivity contribution in [3.8, 4) is 0 Å². The van der Waals surface area contributed by atoms with Gasteiger partial charge in [-0.3, -0.25) is 0 Å². The Balaban J connectivity index is 2.13. The summed E-state index contributed by atoms with van der Waals surface area (Å²) in [6.45, 7) is 15.9. The minimum absolute atomic E-state index is 0.0234. The number of nitrogens with zero attached hydrogens (tertiary/aromatic N) is 2. The summed E-state index contributed by atoms with van der Waals surface area (Å²) in [5.41, 5.74) is 4.61. The fraction of sp³-hybridized carbons (Fsp3) is 0.462. The molecule has 0 aromatic heterocycles. The summed E-state index contributed by atoms with van der Waals surface area (Å²) in [7, 11) is 0. The Morgan fingerprint density at radius 2 is 1.43 bits per heavy atom. The lowest BCUT2D eigenvalue weighted by Gasteiger charge is -2.35. The van der Waals surface area contributed by atoms with Crippen LogP contribution in [-0.4, -0.2) is 6.17 Å². The van der Waals surface area contributed by atoms with Crippen LogP contribution >= 0.6 is 0 Å². The van der Waals surface area contributed by atoms with Crippen LogP contribution in [0.15, 0.2) is 42.7 Å². The quantitative estimate of drug-likeness (QED) is 0.496. The maximum atomic E-state index is 14.9. The van der Waals surface area contributed by atoms with Crippen LogP contribution in [0.2, 0.25) is 0 Å². The highest BCUT2D eigenvalue weighted by atomic mass is 19.1. The fourth-order valence-electron chi connectivity index (χ4n) is 4.13. The molecule has 0 fully saturated rings. The van der Waals surface area contributed by atoms with Crippen LogP contribution in [0.5, 0.6) is 0 Å². The molecule has 162 valence electrons. The first-order valence-electron chi connectivity index (χ1n) is 10.8. The van der Waals surface area contributed by atoms with Gasteiger partial charge in [-0.2, -0.15) is 0 Å². The summed E-state index contributed by atoms with van der Waals surface area (Å²) in [5.74, 6) is 0.241. The molecule has 3 rings (SSSR count). The molecule has 2 nitrogen and oxygen atoms in total. The SMILES string of the molecule is Cc1ccc(F)cc1N1C=CN(c2c(C(C)C)cc(C(C)(C)F)cc2C(C)C)[C@@H]1C. The molecule has 0 saturated heterocycles. The first-order chi connectivity index (χ1) is 13.9. The van der Waals surface area contributed by atoms with Crippen LogP contribution in [0.1, 0.15) is 82.6 Å². The van der Waals surface area contributed by atoms with Crippen molar-refractivity contribution in [2.24, 2.45) is 0 Å². The van der Waals surface area contributed by atoms with E-state index in [0.29, 0.717) is 5.56 Å². The predicted molar refractivity (Wildman–Crippen MR) is 123 cm³/mol. The molecule has 0 saturated carbocycles. The monoisotopic (exact) mass is 412 g/mol. The average Bonchev–Trinajstić information content (AvgIpc) is 3.02. The molecule has 4 heteroatoms. The van der Waals surface area contributed by atoms with E-state index >= 15 is 0 Å². The van der Waals surface area contributed by atoms with Gasteiger partial charge in [-0.05, 0) is 73.9 Å². The van der Waals surface area contributed by atoms with Gasteiger partial charge in [-0.1, -0.05) is 45.9 Å². The molecule has 1 aliphatic rings. The molecular weight excluding hydrogens is 378 g/mol. The van der Waals surface area contributed by atoms with Crippen molar-refractivity contribution in [2.45, 2.75) is 79.1 Å². The van der Waals surface area contributed by atoms with Crippen LogP contribution in [0.4, 0.5) is 20.2 Å². The van der Waals surface area contributed by atoms with E-state index in [0.717, 1.165) is 28.1 Å². The van der Waals surface area contributed by atoms with E-state index in [-0.39, 0.29) is 23.8 Å². The van der Waals surface area contributed by atoms with E-state index in [2.05, 4.69) is 50.6 Å². The van der Waals surface area contributed by atoms with Gasteiger partial charge in [-0.25, -0.2) is 8.78 Å². The number of rotatable bonds is 5. The standard InChI is InChI=1S/C26H34F2N2/c1-16(2)22-13-20(26(7,8)28)14-23(17(3)4)25(22)30-12-11-29(19(30)6)24-15-21(27)10-9-18(24)5/h9-17,19H,1-8H3/t19-/m1/s1. The van der Waals surface area contributed by atoms with Crippen molar-refractivity contribution >= 4 is 11.4 Å². The summed E-state index contributed by atoms with van der Waals surface area (Å²) in [4.78, 5) is 4.34. The topological polar surface area (TPSA) is 6.48 Å². The lowest BCUT2D eigenvalue weighted by Crippen LogP contribution is -2.37. The number of anilines is 2. The van der Waals surface area contributed by atoms with Gasteiger partial charge in [0.05, 0.1) is 0 Å². The Morgan fingerprint density at radius 1 is 0.900 bits per heavy atom. The molecule has 0 bridgehead atoms. The van der Waals surface area contributed by atoms with Gasteiger partial charge >= 0.3 is 0 Å². The smallest absolute Gasteiger partial charge is 0.130 e. The van der Waals surface area contributed by atoms with Crippen LogP contribution in [0, 0.1) is 12.7 Å². The van der Waals surface area contributed by atoms with Gasteiger partial charge in [-0.15, -0.1) is 0 Å². The maximum Gasteiger partial charge on any atom is 0.130 e. The largest absolute Gasteiger partial charge is 0.325 e. The third-order valence-electron chi connectivity index (χ3n) is 6.00. The summed E-state index contributed by atoms with van der Waals surface area (Å²) in [6, 6.07) is 8.92. The normalized spacial score (nSPS) is 17.0. The first-order valence-corrected chi connectivity index (χ1v) is 10.8.